The average Bonchev–Trinajstić information content (AvgIpc) is 2.55. The van der Waals surface area contributed by atoms with Crippen LogP contribution in [-0.2, 0) is 4.74 Å². The SMILES string of the molecule is CCOC(=O)N1CCN(C(N)=Nc2ncccc2[N+](=O)[O-])CC1. The summed E-state index contributed by atoms with van der Waals surface area (Å²) >= 11 is 0. The maximum atomic E-state index is 11.6. The molecule has 0 aromatic carbocycles. The highest BCUT2D eigenvalue weighted by molar-refractivity contribution is 5.82. The molecule has 1 amide bonds. The van der Waals surface area contributed by atoms with E-state index in [0.29, 0.717) is 32.8 Å². The second kappa shape index (κ2) is 7.38. The van der Waals surface area contributed by atoms with Crippen LogP contribution in [0.5, 0.6) is 0 Å². The number of nitrogens with zero attached hydrogens (tertiary/aromatic N) is 5. The van der Waals surface area contributed by atoms with Crippen LogP contribution in [0.15, 0.2) is 23.3 Å². The van der Waals surface area contributed by atoms with E-state index in [2.05, 4.69) is 9.98 Å². The Morgan fingerprint density at radius 2 is 2.09 bits per heavy atom. The van der Waals surface area contributed by atoms with Gasteiger partial charge in [0.15, 0.2) is 5.96 Å². The summed E-state index contributed by atoms with van der Waals surface area (Å²) in [4.78, 5) is 33.3. The minimum absolute atomic E-state index is 0.0391. The fourth-order valence-corrected chi connectivity index (χ4v) is 2.13. The number of hydrogen-bond acceptors (Lipinski definition) is 6. The van der Waals surface area contributed by atoms with Crippen LogP contribution in [0.25, 0.3) is 0 Å². The predicted molar refractivity (Wildman–Crippen MR) is 82.3 cm³/mol. The molecule has 1 aliphatic heterocycles. The van der Waals surface area contributed by atoms with E-state index in [1.165, 1.54) is 18.3 Å². The summed E-state index contributed by atoms with van der Waals surface area (Å²) in [5.74, 6) is 0.0955. The normalized spacial score (nSPS) is 15.4. The van der Waals surface area contributed by atoms with Crippen molar-refractivity contribution in [3.8, 4) is 0 Å². The molecule has 0 radical (unpaired) electrons. The molecule has 0 spiro atoms. The van der Waals surface area contributed by atoms with E-state index in [-0.39, 0.29) is 23.6 Å². The first kappa shape index (κ1) is 16.5. The Morgan fingerprint density at radius 3 is 2.70 bits per heavy atom. The molecule has 1 aromatic rings. The minimum atomic E-state index is -0.558. The van der Waals surface area contributed by atoms with E-state index in [1.54, 1.807) is 16.7 Å². The highest BCUT2D eigenvalue weighted by Crippen LogP contribution is 2.23. The fourth-order valence-electron chi connectivity index (χ4n) is 2.13. The monoisotopic (exact) mass is 322 g/mol. The molecule has 10 heteroatoms. The van der Waals surface area contributed by atoms with E-state index >= 15 is 0 Å². The smallest absolute Gasteiger partial charge is 0.409 e. The average molecular weight is 322 g/mol. The molecule has 0 unspecified atom stereocenters. The molecule has 23 heavy (non-hydrogen) atoms. The second-order valence-corrected chi connectivity index (χ2v) is 4.75. The molecular formula is C13H18N6O4. The summed E-state index contributed by atoms with van der Waals surface area (Å²) in [6.07, 6.45) is 1.06. The molecule has 1 saturated heterocycles. The van der Waals surface area contributed by atoms with Crippen molar-refractivity contribution in [3.63, 3.8) is 0 Å². The van der Waals surface area contributed by atoms with Gasteiger partial charge in [0.25, 0.3) is 0 Å². The number of aromatic nitrogens is 1. The van der Waals surface area contributed by atoms with Gasteiger partial charge in [0.05, 0.1) is 11.5 Å². The summed E-state index contributed by atoms with van der Waals surface area (Å²) in [6.45, 7) is 3.90. The lowest BCUT2D eigenvalue weighted by atomic mass is 10.3. The standard InChI is InChI=1S/C13H18N6O4/c1-2-23-13(20)18-8-6-17(7-9-18)12(14)16-11-10(19(21)22)4-3-5-15-11/h3-5H,2,6-9H2,1H3,(H2,14,15,16). The van der Waals surface area contributed by atoms with E-state index < -0.39 is 4.92 Å². The molecule has 10 nitrogen and oxygen atoms in total. The lowest BCUT2D eigenvalue weighted by Gasteiger charge is -2.34. The minimum Gasteiger partial charge on any atom is -0.450 e. The first-order chi connectivity index (χ1) is 11.0. The highest BCUT2D eigenvalue weighted by atomic mass is 16.6. The van der Waals surface area contributed by atoms with Gasteiger partial charge in [-0.3, -0.25) is 10.1 Å². The lowest BCUT2D eigenvalue weighted by molar-refractivity contribution is -0.384. The Hall–Kier alpha value is -2.91. The Morgan fingerprint density at radius 1 is 1.43 bits per heavy atom. The summed E-state index contributed by atoms with van der Waals surface area (Å²) in [6, 6.07) is 2.78. The lowest BCUT2D eigenvalue weighted by Crippen LogP contribution is -2.52. The number of pyridine rings is 1. The molecule has 124 valence electrons. The Bertz CT molecular complexity index is 612. The molecule has 1 aromatic heterocycles. The van der Waals surface area contributed by atoms with E-state index in [9.17, 15) is 14.9 Å². The van der Waals surface area contributed by atoms with Crippen molar-refractivity contribution >= 4 is 23.6 Å². The fraction of sp³-hybridized carbons (Fsp3) is 0.462. The van der Waals surface area contributed by atoms with Crippen molar-refractivity contribution in [1.82, 2.24) is 14.8 Å². The van der Waals surface area contributed by atoms with Crippen LogP contribution in [0.3, 0.4) is 0 Å². The second-order valence-electron chi connectivity index (χ2n) is 4.75. The van der Waals surface area contributed by atoms with Gasteiger partial charge in [0.1, 0.15) is 0 Å². The quantitative estimate of drug-likeness (QED) is 0.375. The van der Waals surface area contributed by atoms with Crippen LogP contribution in [0.4, 0.5) is 16.3 Å². The Labute approximate surface area is 132 Å². The predicted octanol–water partition coefficient (Wildman–Crippen LogP) is 0.710. The van der Waals surface area contributed by atoms with Gasteiger partial charge >= 0.3 is 11.8 Å². The van der Waals surface area contributed by atoms with Gasteiger partial charge in [0.2, 0.25) is 5.82 Å². The van der Waals surface area contributed by atoms with E-state index in [1.807, 2.05) is 0 Å². The molecular weight excluding hydrogens is 304 g/mol. The number of nitro groups is 1. The third-order valence-corrected chi connectivity index (χ3v) is 3.31. The maximum Gasteiger partial charge on any atom is 0.409 e. The first-order valence-electron chi connectivity index (χ1n) is 7.13. The third kappa shape index (κ3) is 4.05. The van der Waals surface area contributed by atoms with Crippen LogP contribution in [0.2, 0.25) is 0 Å². The Kier molecular flexibility index (Phi) is 5.28. The number of carbonyl (C=O) groups is 1. The van der Waals surface area contributed by atoms with Gasteiger partial charge < -0.3 is 20.3 Å². The van der Waals surface area contributed by atoms with Crippen molar-refractivity contribution in [3.05, 3.63) is 28.4 Å². The molecule has 2 N–H and O–H groups in total. The first-order valence-corrected chi connectivity index (χ1v) is 7.13. The van der Waals surface area contributed by atoms with Crippen LogP contribution < -0.4 is 5.73 Å². The third-order valence-electron chi connectivity index (χ3n) is 3.31. The Balaban J connectivity index is 2.04. The highest BCUT2D eigenvalue weighted by Gasteiger charge is 2.23. The molecule has 0 bridgehead atoms. The van der Waals surface area contributed by atoms with Crippen LogP contribution in [0, 0.1) is 10.1 Å². The van der Waals surface area contributed by atoms with Crippen LogP contribution in [0.1, 0.15) is 6.92 Å². The zero-order chi connectivity index (χ0) is 16.8. The number of nitrogens with two attached hydrogens (primary N) is 1. The number of amides is 1. The van der Waals surface area contributed by atoms with Crippen LogP contribution >= 0.6 is 0 Å². The van der Waals surface area contributed by atoms with Crippen molar-refractivity contribution in [2.75, 3.05) is 32.8 Å². The van der Waals surface area contributed by atoms with Crippen molar-refractivity contribution in [1.29, 1.82) is 0 Å². The number of guanidine groups is 1. The van der Waals surface area contributed by atoms with Crippen LogP contribution in [-0.4, -0.2) is 64.5 Å². The molecule has 2 heterocycles. The molecule has 1 aliphatic rings. The van der Waals surface area contributed by atoms with Gasteiger partial charge in [-0.2, -0.15) is 4.99 Å². The molecule has 0 aliphatic carbocycles. The summed E-state index contributed by atoms with van der Waals surface area (Å²) < 4.78 is 4.94. The van der Waals surface area contributed by atoms with Gasteiger partial charge in [-0.05, 0) is 13.0 Å². The van der Waals surface area contributed by atoms with Crippen molar-refractivity contribution < 1.29 is 14.5 Å². The van der Waals surface area contributed by atoms with Gasteiger partial charge in [-0.25, -0.2) is 9.78 Å². The molecule has 0 saturated carbocycles. The molecule has 2 rings (SSSR count). The number of piperazine rings is 1. The largest absolute Gasteiger partial charge is 0.450 e. The number of ether oxygens (including phenoxy) is 1. The zero-order valence-electron chi connectivity index (χ0n) is 12.7. The van der Waals surface area contributed by atoms with Crippen molar-refractivity contribution in [2.24, 2.45) is 10.7 Å². The zero-order valence-corrected chi connectivity index (χ0v) is 12.7. The van der Waals surface area contributed by atoms with Crippen molar-refractivity contribution in [2.45, 2.75) is 6.92 Å². The molecule has 1 fully saturated rings. The maximum absolute atomic E-state index is 11.6. The van der Waals surface area contributed by atoms with Gasteiger partial charge in [0, 0.05) is 38.4 Å². The van der Waals surface area contributed by atoms with Gasteiger partial charge in [-0.1, -0.05) is 0 Å². The number of carbonyl (C=O) groups excluding carboxylic acids is 1. The van der Waals surface area contributed by atoms with E-state index in [4.69, 9.17) is 10.5 Å². The molecule has 0 atom stereocenters. The van der Waals surface area contributed by atoms with Gasteiger partial charge in [-0.15, -0.1) is 0 Å². The van der Waals surface area contributed by atoms with E-state index in [0.717, 1.165) is 0 Å². The number of hydrogen-bond donors (Lipinski definition) is 1. The topological polar surface area (TPSA) is 127 Å². The number of rotatable bonds is 3. The number of aliphatic imine (C=N–C) groups is 1. The summed E-state index contributed by atoms with van der Waals surface area (Å²) in [7, 11) is 0. The summed E-state index contributed by atoms with van der Waals surface area (Å²) in [5, 5.41) is 10.9. The summed E-state index contributed by atoms with van der Waals surface area (Å²) in [5.41, 5.74) is 5.70.